The second-order valence-corrected chi connectivity index (χ2v) is 15.1. The maximum atomic E-state index is 10.6. The standard InChI is InChI=1S/C31H54O2Te/c1-8-9-21-34-30-26(6)29-27(22-28(30)32)18-20-31(7,33-29)19-12-17-25(5)16-11-15-24(4)14-10-13-23(2)3/h22-25,32H,8-21H2,1-7H3/t24-,25-,31-/m1/s1. The summed E-state index contributed by atoms with van der Waals surface area (Å²) in [5, 5.41) is 10.6. The van der Waals surface area contributed by atoms with E-state index >= 15 is 0 Å². The van der Waals surface area contributed by atoms with Crippen molar-refractivity contribution in [3.05, 3.63) is 17.2 Å². The number of aryl methyl sites for hydroxylation is 1. The first-order valence-corrected chi connectivity index (χ1v) is 17.1. The van der Waals surface area contributed by atoms with Crippen LogP contribution in [0.3, 0.4) is 0 Å². The van der Waals surface area contributed by atoms with Gasteiger partial charge in [0.2, 0.25) is 0 Å². The van der Waals surface area contributed by atoms with Crippen LogP contribution in [0.25, 0.3) is 0 Å². The van der Waals surface area contributed by atoms with Gasteiger partial charge in [0, 0.05) is 0 Å². The monoisotopic (exact) mass is 588 g/mol. The summed E-state index contributed by atoms with van der Waals surface area (Å²) in [6.07, 6.45) is 16.7. The molecule has 1 aromatic rings. The van der Waals surface area contributed by atoms with Crippen LogP contribution in [0.15, 0.2) is 6.07 Å². The predicted molar refractivity (Wildman–Crippen MR) is 150 cm³/mol. The molecular weight excluding hydrogens is 532 g/mol. The van der Waals surface area contributed by atoms with Crippen molar-refractivity contribution in [2.24, 2.45) is 17.8 Å². The average molecular weight is 586 g/mol. The molecule has 2 nitrogen and oxygen atoms in total. The Morgan fingerprint density at radius 2 is 1.59 bits per heavy atom. The van der Waals surface area contributed by atoms with Gasteiger partial charge in [-0.15, -0.1) is 0 Å². The van der Waals surface area contributed by atoms with Gasteiger partial charge in [0.15, 0.2) is 0 Å². The molecule has 0 radical (unpaired) electrons. The molecule has 2 rings (SSSR count). The number of hydrogen-bond acceptors (Lipinski definition) is 2. The van der Waals surface area contributed by atoms with Gasteiger partial charge in [-0.2, -0.15) is 0 Å². The molecule has 0 bridgehead atoms. The van der Waals surface area contributed by atoms with Crippen LogP contribution in [0.2, 0.25) is 4.47 Å². The number of phenolic OH excluding ortho intramolecular Hbond substituents is 1. The maximum absolute atomic E-state index is 10.6. The number of phenols is 1. The van der Waals surface area contributed by atoms with E-state index in [2.05, 4.69) is 48.5 Å². The van der Waals surface area contributed by atoms with Gasteiger partial charge in [0.1, 0.15) is 0 Å². The Morgan fingerprint density at radius 1 is 0.971 bits per heavy atom. The second kappa shape index (κ2) is 15.0. The van der Waals surface area contributed by atoms with E-state index in [-0.39, 0.29) is 26.5 Å². The van der Waals surface area contributed by atoms with Crippen LogP contribution >= 0.6 is 0 Å². The van der Waals surface area contributed by atoms with E-state index in [4.69, 9.17) is 4.74 Å². The normalized spacial score (nSPS) is 19.6. The number of aromatic hydroxyl groups is 1. The number of rotatable bonds is 16. The molecule has 0 spiro atoms. The molecule has 0 unspecified atom stereocenters. The van der Waals surface area contributed by atoms with E-state index in [0.717, 1.165) is 42.8 Å². The third-order valence-electron chi connectivity index (χ3n) is 7.81. The molecule has 196 valence electrons. The Morgan fingerprint density at radius 3 is 2.21 bits per heavy atom. The van der Waals surface area contributed by atoms with Crippen LogP contribution in [0.4, 0.5) is 0 Å². The Kier molecular flexibility index (Phi) is 13.2. The van der Waals surface area contributed by atoms with Crippen LogP contribution in [-0.4, -0.2) is 31.6 Å². The van der Waals surface area contributed by atoms with Crippen molar-refractivity contribution in [1.29, 1.82) is 0 Å². The van der Waals surface area contributed by atoms with E-state index < -0.39 is 0 Å². The zero-order chi connectivity index (χ0) is 25.1. The minimum atomic E-state index is -0.338. The Balaban J connectivity index is 1.77. The molecule has 1 aliphatic rings. The molecular formula is C31H54O2Te. The molecule has 1 heterocycles. The van der Waals surface area contributed by atoms with Gasteiger partial charge in [0.25, 0.3) is 0 Å². The van der Waals surface area contributed by atoms with Crippen molar-refractivity contribution in [2.75, 3.05) is 0 Å². The van der Waals surface area contributed by atoms with Crippen LogP contribution in [0, 0.1) is 24.7 Å². The van der Waals surface area contributed by atoms with Crippen molar-refractivity contribution in [1.82, 2.24) is 0 Å². The van der Waals surface area contributed by atoms with Crippen molar-refractivity contribution in [3.8, 4) is 11.5 Å². The van der Waals surface area contributed by atoms with Gasteiger partial charge in [0.05, 0.1) is 0 Å². The summed E-state index contributed by atoms with van der Waals surface area (Å²) >= 11 is -0.338. The van der Waals surface area contributed by atoms with Crippen molar-refractivity contribution in [3.63, 3.8) is 0 Å². The number of hydrogen-bond donors (Lipinski definition) is 1. The van der Waals surface area contributed by atoms with Crippen LogP contribution in [0.1, 0.15) is 130 Å². The van der Waals surface area contributed by atoms with Crippen molar-refractivity contribution in [2.45, 2.75) is 142 Å². The fraction of sp³-hybridized carbons (Fsp3) is 0.806. The van der Waals surface area contributed by atoms with Gasteiger partial charge in [-0.05, 0) is 11.8 Å². The van der Waals surface area contributed by atoms with E-state index in [1.165, 1.54) is 83.4 Å². The third-order valence-corrected chi connectivity index (χ3v) is 11.5. The summed E-state index contributed by atoms with van der Waals surface area (Å²) < 4.78 is 9.21. The van der Waals surface area contributed by atoms with E-state index in [9.17, 15) is 5.11 Å². The van der Waals surface area contributed by atoms with Gasteiger partial charge in [-0.25, -0.2) is 0 Å². The van der Waals surface area contributed by atoms with E-state index in [1.807, 2.05) is 6.07 Å². The molecule has 3 heteroatoms. The molecule has 3 atom stereocenters. The Hall–Kier alpha value is -0.390. The Labute approximate surface area is 222 Å². The predicted octanol–water partition coefficient (Wildman–Crippen LogP) is 8.77. The summed E-state index contributed by atoms with van der Waals surface area (Å²) in [5.41, 5.74) is 2.39. The molecule has 1 aliphatic heterocycles. The third kappa shape index (κ3) is 9.93. The first-order chi connectivity index (χ1) is 16.1. The molecule has 0 saturated carbocycles. The zero-order valence-corrected chi connectivity index (χ0v) is 25.8. The summed E-state index contributed by atoms with van der Waals surface area (Å²) in [4.78, 5) is 0. The molecule has 0 aromatic heterocycles. The van der Waals surface area contributed by atoms with Gasteiger partial charge in [-0.1, -0.05) is 40.0 Å². The first-order valence-electron chi connectivity index (χ1n) is 14.3. The summed E-state index contributed by atoms with van der Waals surface area (Å²) in [6, 6.07) is 2.01. The summed E-state index contributed by atoms with van der Waals surface area (Å²) in [5.74, 6) is 4.18. The fourth-order valence-electron chi connectivity index (χ4n) is 5.34. The zero-order valence-electron chi connectivity index (χ0n) is 23.5. The van der Waals surface area contributed by atoms with Crippen molar-refractivity contribution < 1.29 is 9.84 Å². The SMILES string of the molecule is CCCC[Te]c1c(O)cc2c(c1C)O[C@](C)(CCC[C@H](C)CCC[C@H](C)CCCC(C)C)CC2. The van der Waals surface area contributed by atoms with Crippen LogP contribution in [-0.2, 0) is 6.42 Å². The van der Waals surface area contributed by atoms with Gasteiger partial charge >= 0.3 is 171 Å². The van der Waals surface area contributed by atoms with Crippen LogP contribution in [0.5, 0.6) is 11.5 Å². The molecule has 0 saturated heterocycles. The van der Waals surface area contributed by atoms with Gasteiger partial charge in [-0.3, -0.25) is 0 Å². The Bertz CT molecular complexity index is 729. The van der Waals surface area contributed by atoms with Crippen LogP contribution < -0.4 is 8.35 Å². The molecule has 0 amide bonds. The molecule has 0 aliphatic carbocycles. The summed E-state index contributed by atoms with van der Waals surface area (Å²) in [7, 11) is 0. The topological polar surface area (TPSA) is 29.5 Å². The molecule has 0 fully saturated rings. The minimum absolute atomic E-state index is 0.0549. The number of ether oxygens (including phenoxy) is 1. The molecule has 1 N–H and O–H groups in total. The number of fused-ring (bicyclic) bond motifs is 1. The number of benzene rings is 1. The van der Waals surface area contributed by atoms with E-state index in [0.29, 0.717) is 5.75 Å². The molecule has 34 heavy (non-hydrogen) atoms. The molecule has 1 aromatic carbocycles. The quantitative estimate of drug-likeness (QED) is 0.155. The van der Waals surface area contributed by atoms with E-state index in [1.54, 1.807) is 0 Å². The first kappa shape index (κ1) is 29.8. The summed E-state index contributed by atoms with van der Waals surface area (Å²) in [6.45, 7) is 16.3. The van der Waals surface area contributed by atoms with Crippen molar-refractivity contribution >= 4 is 24.5 Å². The van der Waals surface area contributed by atoms with Gasteiger partial charge < -0.3 is 0 Å². The fourth-order valence-corrected chi connectivity index (χ4v) is 8.63. The average Bonchev–Trinajstić information content (AvgIpc) is 2.76. The number of unbranched alkanes of at least 4 members (excludes halogenated alkanes) is 1. The second-order valence-electron chi connectivity index (χ2n) is 12.0.